The lowest BCUT2D eigenvalue weighted by atomic mass is 9.97. The van der Waals surface area contributed by atoms with Crippen LogP contribution in [-0.4, -0.2) is 34.8 Å². The molecule has 1 atom stereocenters. The molecule has 23 heavy (non-hydrogen) atoms. The summed E-state index contributed by atoms with van der Waals surface area (Å²) in [7, 11) is 0.596. The normalized spacial score (nSPS) is 19.7. The first-order valence-electron chi connectivity index (χ1n) is 7.51. The first kappa shape index (κ1) is 15.8. The Labute approximate surface area is 137 Å². The van der Waals surface area contributed by atoms with Crippen molar-refractivity contribution in [3.05, 3.63) is 53.6 Å². The summed E-state index contributed by atoms with van der Waals surface area (Å²) in [4.78, 5) is 2.37. The summed E-state index contributed by atoms with van der Waals surface area (Å²) in [5, 5.41) is 3.35. The third-order valence-corrected chi connectivity index (χ3v) is 5.90. The molecule has 0 saturated heterocycles. The van der Waals surface area contributed by atoms with E-state index in [2.05, 4.69) is 5.32 Å². The van der Waals surface area contributed by atoms with Crippen LogP contribution in [0.5, 0.6) is 0 Å². The van der Waals surface area contributed by atoms with Crippen molar-refractivity contribution in [2.45, 2.75) is 10.9 Å². The highest BCUT2D eigenvalue weighted by Gasteiger charge is 2.28. The van der Waals surface area contributed by atoms with Gasteiger partial charge in [0.25, 0.3) is 0 Å². The molecule has 6 heteroatoms. The van der Waals surface area contributed by atoms with E-state index in [4.69, 9.17) is 5.73 Å². The van der Waals surface area contributed by atoms with Gasteiger partial charge in [-0.1, -0.05) is 12.1 Å². The Morgan fingerprint density at radius 1 is 1.17 bits per heavy atom. The summed E-state index contributed by atoms with van der Waals surface area (Å²) in [6, 6.07) is 12.9. The summed E-state index contributed by atoms with van der Waals surface area (Å²) in [5.74, 6) is 0.0973. The van der Waals surface area contributed by atoms with E-state index in [9.17, 15) is 8.42 Å². The fourth-order valence-corrected chi connectivity index (χ4v) is 4.33. The molecule has 3 rings (SSSR count). The first-order valence-corrected chi connectivity index (χ1v) is 9.16. The van der Waals surface area contributed by atoms with Gasteiger partial charge in [-0.25, -0.2) is 8.42 Å². The second-order valence-corrected chi connectivity index (χ2v) is 8.07. The number of nitrogens with zero attached hydrogens (tertiary/aromatic N) is 1. The molecule has 0 aliphatic carbocycles. The predicted octanol–water partition coefficient (Wildman–Crippen LogP) is 1.80. The summed E-state index contributed by atoms with van der Waals surface area (Å²) in [6.45, 7) is 0.410. The average molecular weight is 331 g/mol. The summed E-state index contributed by atoms with van der Waals surface area (Å²) in [5.41, 5.74) is 9.29. The van der Waals surface area contributed by atoms with Crippen LogP contribution in [0.3, 0.4) is 0 Å². The van der Waals surface area contributed by atoms with E-state index < -0.39 is 9.84 Å². The quantitative estimate of drug-likeness (QED) is 0.821. The van der Waals surface area contributed by atoms with Crippen molar-refractivity contribution in [2.24, 2.45) is 0 Å². The second kappa shape index (κ2) is 5.86. The maximum Gasteiger partial charge on any atom is 0.179 e. The summed E-state index contributed by atoms with van der Waals surface area (Å²) in [6.07, 6.45) is 0. The van der Waals surface area contributed by atoms with Gasteiger partial charge in [-0.2, -0.15) is 0 Å². The van der Waals surface area contributed by atoms with Gasteiger partial charge < -0.3 is 16.0 Å². The van der Waals surface area contributed by atoms with Gasteiger partial charge in [-0.15, -0.1) is 0 Å². The van der Waals surface area contributed by atoms with Crippen molar-refractivity contribution in [1.82, 2.24) is 5.32 Å². The zero-order valence-corrected chi connectivity index (χ0v) is 14.1. The molecule has 122 valence electrons. The largest absolute Gasteiger partial charge is 0.399 e. The SMILES string of the molecule is CN(C)c1ccc2c(c1)[C@@H](c1cccc(N)c1)NCCS2(=O)=O. The number of nitrogen functional groups attached to an aromatic ring is 1. The predicted molar refractivity (Wildman–Crippen MR) is 93.5 cm³/mol. The van der Waals surface area contributed by atoms with Gasteiger partial charge in [0, 0.05) is 32.0 Å². The Hall–Kier alpha value is -2.05. The number of hydrogen-bond acceptors (Lipinski definition) is 5. The number of rotatable bonds is 2. The molecule has 0 fully saturated rings. The maximum atomic E-state index is 12.5. The summed E-state index contributed by atoms with van der Waals surface area (Å²) >= 11 is 0. The summed E-state index contributed by atoms with van der Waals surface area (Å²) < 4.78 is 25.1. The number of nitrogens with one attached hydrogen (secondary N) is 1. The molecule has 1 aliphatic rings. The van der Waals surface area contributed by atoms with Crippen LogP contribution in [0.15, 0.2) is 47.4 Å². The van der Waals surface area contributed by atoms with Gasteiger partial charge in [0.05, 0.1) is 16.7 Å². The molecule has 1 aliphatic heterocycles. The lowest BCUT2D eigenvalue weighted by molar-refractivity contribution is 0.594. The highest BCUT2D eigenvalue weighted by atomic mass is 32.2. The third-order valence-electron chi connectivity index (χ3n) is 4.12. The van der Waals surface area contributed by atoms with E-state index in [1.807, 2.05) is 55.4 Å². The number of benzene rings is 2. The van der Waals surface area contributed by atoms with Crippen molar-refractivity contribution < 1.29 is 8.42 Å². The third kappa shape index (κ3) is 3.04. The molecule has 0 spiro atoms. The lowest BCUT2D eigenvalue weighted by Gasteiger charge is -2.22. The second-order valence-electron chi connectivity index (χ2n) is 5.99. The monoisotopic (exact) mass is 331 g/mol. The van der Waals surface area contributed by atoms with E-state index in [1.54, 1.807) is 6.07 Å². The molecule has 3 N–H and O–H groups in total. The molecule has 2 aromatic carbocycles. The molecule has 1 heterocycles. The highest BCUT2D eigenvalue weighted by Crippen LogP contribution is 2.33. The van der Waals surface area contributed by atoms with Gasteiger partial charge in [0.15, 0.2) is 9.84 Å². The fraction of sp³-hybridized carbons (Fsp3) is 0.294. The molecule has 0 amide bonds. The van der Waals surface area contributed by atoms with Crippen molar-refractivity contribution in [3.8, 4) is 0 Å². The van der Waals surface area contributed by atoms with Gasteiger partial charge in [-0.3, -0.25) is 0 Å². The van der Waals surface area contributed by atoms with Crippen LogP contribution in [0.1, 0.15) is 17.2 Å². The van der Waals surface area contributed by atoms with Crippen molar-refractivity contribution >= 4 is 21.2 Å². The average Bonchev–Trinajstić information content (AvgIpc) is 2.63. The van der Waals surface area contributed by atoms with E-state index in [-0.39, 0.29) is 11.8 Å². The van der Waals surface area contributed by atoms with Crippen molar-refractivity contribution in [1.29, 1.82) is 0 Å². The van der Waals surface area contributed by atoms with Gasteiger partial charge in [-0.05, 0) is 41.5 Å². The van der Waals surface area contributed by atoms with Crippen LogP contribution in [0.25, 0.3) is 0 Å². The van der Waals surface area contributed by atoms with E-state index >= 15 is 0 Å². The van der Waals surface area contributed by atoms with Crippen LogP contribution in [0, 0.1) is 0 Å². The van der Waals surface area contributed by atoms with E-state index in [1.165, 1.54) is 0 Å². The first-order chi connectivity index (χ1) is 10.9. The highest BCUT2D eigenvalue weighted by molar-refractivity contribution is 7.91. The number of nitrogens with two attached hydrogens (primary N) is 1. The van der Waals surface area contributed by atoms with E-state index in [0.717, 1.165) is 16.8 Å². The molecular formula is C17H21N3O2S. The molecule has 2 aromatic rings. The van der Waals surface area contributed by atoms with Crippen LogP contribution in [-0.2, 0) is 9.84 Å². The molecule has 0 bridgehead atoms. The Kier molecular flexibility index (Phi) is 4.04. The molecule has 0 radical (unpaired) electrons. The minimum Gasteiger partial charge on any atom is -0.399 e. The minimum absolute atomic E-state index is 0.0973. The molecule has 5 nitrogen and oxygen atoms in total. The Balaban J connectivity index is 2.21. The van der Waals surface area contributed by atoms with Crippen LogP contribution in [0.2, 0.25) is 0 Å². The number of sulfone groups is 1. The Morgan fingerprint density at radius 2 is 1.96 bits per heavy atom. The van der Waals surface area contributed by atoms with Crippen LogP contribution in [0.4, 0.5) is 11.4 Å². The fourth-order valence-electron chi connectivity index (χ4n) is 2.92. The van der Waals surface area contributed by atoms with E-state index in [0.29, 0.717) is 17.1 Å². The lowest BCUT2D eigenvalue weighted by Crippen LogP contribution is -2.24. The standard InChI is InChI=1S/C17H21N3O2S/c1-20(2)14-6-7-16-15(11-14)17(19-8-9-23(16,21)22)12-4-3-5-13(18)10-12/h3-7,10-11,17,19H,8-9,18H2,1-2H3/t17-/m1/s1. The molecular weight excluding hydrogens is 310 g/mol. The molecule has 0 saturated carbocycles. The maximum absolute atomic E-state index is 12.5. The Morgan fingerprint density at radius 3 is 2.65 bits per heavy atom. The zero-order valence-electron chi connectivity index (χ0n) is 13.3. The van der Waals surface area contributed by atoms with Crippen molar-refractivity contribution in [3.63, 3.8) is 0 Å². The molecule has 0 aromatic heterocycles. The topological polar surface area (TPSA) is 75.4 Å². The number of anilines is 2. The smallest absolute Gasteiger partial charge is 0.179 e. The van der Waals surface area contributed by atoms with Gasteiger partial charge in [0.1, 0.15) is 0 Å². The zero-order chi connectivity index (χ0) is 16.6. The van der Waals surface area contributed by atoms with Crippen LogP contribution < -0.4 is 16.0 Å². The van der Waals surface area contributed by atoms with Crippen LogP contribution >= 0.6 is 0 Å². The van der Waals surface area contributed by atoms with Crippen molar-refractivity contribution in [2.75, 3.05) is 37.0 Å². The number of fused-ring (bicyclic) bond motifs is 1. The Bertz CT molecular complexity index is 831. The van der Waals surface area contributed by atoms with Gasteiger partial charge in [0.2, 0.25) is 0 Å². The number of hydrogen-bond donors (Lipinski definition) is 2. The molecule has 0 unspecified atom stereocenters. The van der Waals surface area contributed by atoms with Gasteiger partial charge >= 0.3 is 0 Å². The minimum atomic E-state index is -3.28.